The number of rotatable bonds is 1. The van der Waals surface area contributed by atoms with Crippen molar-refractivity contribution in [2.24, 2.45) is 17.3 Å². The Bertz CT molecular complexity index is 264. The van der Waals surface area contributed by atoms with Gasteiger partial charge in [-0.3, -0.25) is 4.79 Å². The molecule has 1 aliphatic heterocycles. The lowest BCUT2D eigenvalue weighted by molar-refractivity contribution is -0.126. The molecular formula is C9H12N2O. The van der Waals surface area contributed by atoms with Gasteiger partial charge < -0.3 is 5.32 Å². The first kappa shape index (κ1) is 7.60. The van der Waals surface area contributed by atoms with Gasteiger partial charge in [0, 0.05) is 12.5 Å². The number of hydrogen-bond donors (Lipinski definition) is 1. The Morgan fingerprint density at radius 3 is 2.67 bits per heavy atom. The maximum Gasteiger partial charge on any atom is 0.241 e. The van der Waals surface area contributed by atoms with Crippen LogP contribution in [0.3, 0.4) is 0 Å². The summed E-state index contributed by atoms with van der Waals surface area (Å²) in [5.41, 5.74) is -0.681. The van der Waals surface area contributed by atoms with E-state index < -0.39 is 5.41 Å². The minimum atomic E-state index is -0.681. The first-order chi connectivity index (χ1) is 5.71. The van der Waals surface area contributed by atoms with Crippen molar-refractivity contribution in [3.63, 3.8) is 0 Å². The first-order valence-electron chi connectivity index (χ1n) is 4.41. The minimum Gasteiger partial charge on any atom is -0.354 e. The standard InChI is InChI=1S/C9H12N2O/c1-6-4-11-8(12)9(6,5-10)7-2-3-7/h6-7H,2-4H2,1H3,(H,11,12)/t6?,9-/m0/s1. The van der Waals surface area contributed by atoms with Crippen molar-refractivity contribution in [3.8, 4) is 6.07 Å². The Hall–Kier alpha value is -1.04. The van der Waals surface area contributed by atoms with E-state index in [1.165, 1.54) is 0 Å². The second kappa shape index (κ2) is 2.22. The summed E-state index contributed by atoms with van der Waals surface area (Å²) in [6.07, 6.45) is 2.09. The molecule has 2 fully saturated rings. The molecule has 0 aromatic rings. The van der Waals surface area contributed by atoms with Crippen molar-refractivity contribution < 1.29 is 4.79 Å². The zero-order valence-electron chi connectivity index (χ0n) is 7.13. The molecule has 2 atom stereocenters. The third-order valence-corrected chi connectivity index (χ3v) is 3.13. The molecule has 12 heavy (non-hydrogen) atoms. The van der Waals surface area contributed by atoms with Gasteiger partial charge in [0.25, 0.3) is 0 Å². The number of carbonyl (C=O) groups excluding carboxylic acids is 1. The molecule has 0 aromatic carbocycles. The average molecular weight is 164 g/mol. The van der Waals surface area contributed by atoms with E-state index in [0.717, 1.165) is 12.8 Å². The van der Waals surface area contributed by atoms with E-state index in [-0.39, 0.29) is 11.8 Å². The maximum absolute atomic E-state index is 11.5. The van der Waals surface area contributed by atoms with Crippen molar-refractivity contribution >= 4 is 5.91 Å². The fourth-order valence-corrected chi connectivity index (χ4v) is 2.16. The van der Waals surface area contributed by atoms with Crippen LogP contribution in [-0.2, 0) is 4.79 Å². The van der Waals surface area contributed by atoms with Crippen LogP contribution >= 0.6 is 0 Å². The van der Waals surface area contributed by atoms with Gasteiger partial charge in [-0.05, 0) is 18.8 Å². The van der Waals surface area contributed by atoms with Gasteiger partial charge in [0.15, 0.2) is 0 Å². The summed E-state index contributed by atoms with van der Waals surface area (Å²) in [6, 6.07) is 2.23. The van der Waals surface area contributed by atoms with Gasteiger partial charge in [-0.15, -0.1) is 0 Å². The number of hydrogen-bond acceptors (Lipinski definition) is 2. The highest BCUT2D eigenvalue weighted by molar-refractivity contribution is 5.88. The van der Waals surface area contributed by atoms with E-state index >= 15 is 0 Å². The fraction of sp³-hybridized carbons (Fsp3) is 0.778. The number of nitrogens with one attached hydrogen (secondary N) is 1. The van der Waals surface area contributed by atoms with Gasteiger partial charge in [0.2, 0.25) is 5.91 Å². The number of carbonyl (C=O) groups is 1. The largest absolute Gasteiger partial charge is 0.354 e. The Balaban J connectivity index is 2.36. The van der Waals surface area contributed by atoms with E-state index in [4.69, 9.17) is 5.26 Å². The van der Waals surface area contributed by atoms with Crippen LogP contribution in [0.4, 0.5) is 0 Å². The van der Waals surface area contributed by atoms with Crippen molar-refractivity contribution in [3.05, 3.63) is 0 Å². The fourth-order valence-electron chi connectivity index (χ4n) is 2.16. The monoisotopic (exact) mass is 164 g/mol. The van der Waals surface area contributed by atoms with Gasteiger partial charge in [0.1, 0.15) is 5.41 Å². The zero-order chi connectivity index (χ0) is 8.77. The molecule has 2 rings (SSSR count). The van der Waals surface area contributed by atoms with Crippen molar-refractivity contribution in [2.45, 2.75) is 19.8 Å². The summed E-state index contributed by atoms with van der Waals surface area (Å²) in [5.74, 6) is 0.475. The van der Waals surface area contributed by atoms with E-state index in [0.29, 0.717) is 12.5 Å². The molecule has 1 saturated heterocycles. The van der Waals surface area contributed by atoms with Gasteiger partial charge in [-0.1, -0.05) is 6.92 Å². The van der Waals surface area contributed by atoms with Crippen molar-refractivity contribution in [1.29, 1.82) is 5.26 Å². The highest BCUT2D eigenvalue weighted by atomic mass is 16.2. The Morgan fingerprint density at radius 2 is 2.33 bits per heavy atom. The van der Waals surface area contributed by atoms with Crippen LogP contribution in [-0.4, -0.2) is 12.5 Å². The maximum atomic E-state index is 11.5. The van der Waals surface area contributed by atoms with Crippen LogP contribution in [0.5, 0.6) is 0 Å². The quantitative estimate of drug-likeness (QED) is 0.619. The van der Waals surface area contributed by atoms with Gasteiger partial charge >= 0.3 is 0 Å². The molecule has 1 N–H and O–H groups in total. The van der Waals surface area contributed by atoms with Crippen molar-refractivity contribution in [2.75, 3.05) is 6.54 Å². The van der Waals surface area contributed by atoms with Gasteiger partial charge in [-0.25, -0.2) is 0 Å². The molecule has 0 aromatic heterocycles. The van der Waals surface area contributed by atoms with E-state index in [2.05, 4.69) is 11.4 Å². The molecule has 2 aliphatic rings. The molecule has 1 heterocycles. The second-order valence-corrected chi connectivity index (χ2v) is 3.87. The summed E-state index contributed by atoms with van der Waals surface area (Å²) in [5, 5.41) is 11.8. The summed E-state index contributed by atoms with van der Waals surface area (Å²) < 4.78 is 0. The Labute approximate surface area is 71.8 Å². The van der Waals surface area contributed by atoms with Crippen molar-refractivity contribution in [1.82, 2.24) is 5.32 Å². The topological polar surface area (TPSA) is 52.9 Å². The lowest BCUT2D eigenvalue weighted by atomic mass is 9.75. The third kappa shape index (κ3) is 0.726. The molecule has 3 heteroatoms. The molecule has 1 amide bonds. The summed E-state index contributed by atoms with van der Waals surface area (Å²) in [4.78, 5) is 11.5. The zero-order valence-corrected chi connectivity index (χ0v) is 7.13. The summed E-state index contributed by atoms with van der Waals surface area (Å²) in [7, 11) is 0. The molecule has 0 radical (unpaired) electrons. The predicted octanol–water partition coefficient (Wildman–Crippen LogP) is 0.672. The van der Waals surface area contributed by atoms with Crippen LogP contribution in [0.1, 0.15) is 19.8 Å². The van der Waals surface area contributed by atoms with Crippen LogP contribution in [0.15, 0.2) is 0 Å². The smallest absolute Gasteiger partial charge is 0.241 e. The summed E-state index contributed by atoms with van der Waals surface area (Å²) >= 11 is 0. The summed E-state index contributed by atoms with van der Waals surface area (Å²) in [6.45, 7) is 2.66. The normalized spacial score (nSPS) is 40.7. The van der Waals surface area contributed by atoms with E-state index in [1.807, 2.05) is 6.92 Å². The predicted molar refractivity (Wildman–Crippen MR) is 42.9 cm³/mol. The number of amides is 1. The van der Waals surface area contributed by atoms with Crippen LogP contribution in [0.25, 0.3) is 0 Å². The van der Waals surface area contributed by atoms with Crippen LogP contribution in [0, 0.1) is 28.6 Å². The third-order valence-electron chi connectivity index (χ3n) is 3.13. The van der Waals surface area contributed by atoms with Crippen LogP contribution in [0.2, 0.25) is 0 Å². The Morgan fingerprint density at radius 1 is 1.67 bits per heavy atom. The van der Waals surface area contributed by atoms with E-state index in [1.54, 1.807) is 0 Å². The highest BCUT2D eigenvalue weighted by Crippen LogP contribution is 2.51. The highest BCUT2D eigenvalue weighted by Gasteiger charge is 2.57. The van der Waals surface area contributed by atoms with Crippen LogP contribution < -0.4 is 5.32 Å². The molecule has 1 unspecified atom stereocenters. The van der Waals surface area contributed by atoms with E-state index in [9.17, 15) is 4.79 Å². The molecule has 0 bridgehead atoms. The Kier molecular flexibility index (Phi) is 1.41. The molecular weight excluding hydrogens is 152 g/mol. The number of nitrogens with zero attached hydrogens (tertiary/aromatic N) is 1. The SMILES string of the molecule is CC1CNC(=O)[C@]1(C#N)C1CC1. The first-order valence-corrected chi connectivity index (χ1v) is 4.41. The molecule has 64 valence electrons. The minimum absolute atomic E-state index is 0.0417. The molecule has 1 saturated carbocycles. The molecule has 0 spiro atoms. The molecule has 1 aliphatic carbocycles. The average Bonchev–Trinajstić information content (AvgIpc) is 2.83. The van der Waals surface area contributed by atoms with Gasteiger partial charge in [0.05, 0.1) is 6.07 Å². The second-order valence-electron chi connectivity index (χ2n) is 3.87. The van der Waals surface area contributed by atoms with Gasteiger partial charge in [-0.2, -0.15) is 5.26 Å². The lowest BCUT2D eigenvalue weighted by Crippen LogP contribution is -2.34. The molecule has 3 nitrogen and oxygen atoms in total. The lowest BCUT2D eigenvalue weighted by Gasteiger charge is -2.21. The number of nitriles is 1.